The normalized spacial score (nSPS) is 17.7. The fraction of sp³-hybridized carbons (Fsp3) is 0.409. The Morgan fingerprint density at radius 3 is 2.40 bits per heavy atom. The minimum absolute atomic E-state index is 0.0480. The van der Waals surface area contributed by atoms with Crippen LogP contribution in [0.5, 0.6) is 5.75 Å². The zero-order chi connectivity index (χ0) is 22.3. The number of sulfonamides is 1. The number of benzene rings is 2. The molecule has 6 nitrogen and oxygen atoms in total. The van der Waals surface area contributed by atoms with Crippen molar-refractivity contribution in [1.82, 2.24) is 5.32 Å². The molecule has 2 atom stereocenters. The molecule has 162 valence electrons. The van der Waals surface area contributed by atoms with Gasteiger partial charge in [0.15, 0.2) is 6.10 Å². The van der Waals surface area contributed by atoms with Crippen molar-refractivity contribution in [3.05, 3.63) is 58.6 Å². The first-order chi connectivity index (χ1) is 13.9. The summed E-state index contributed by atoms with van der Waals surface area (Å²) < 4.78 is 31.5. The highest BCUT2D eigenvalue weighted by molar-refractivity contribution is 7.92. The molecule has 0 bridgehead atoms. The number of fused-ring (bicyclic) bond motifs is 1. The Morgan fingerprint density at radius 2 is 1.83 bits per heavy atom. The molecule has 0 spiro atoms. The number of carbonyl (C=O) groups is 1. The van der Waals surface area contributed by atoms with Gasteiger partial charge in [-0.05, 0) is 41.7 Å². The zero-order valence-electron chi connectivity index (χ0n) is 17.8. The van der Waals surface area contributed by atoms with Gasteiger partial charge in [-0.15, -0.1) is 0 Å². The van der Waals surface area contributed by atoms with Crippen LogP contribution in [0, 0.1) is 0 Å². The average Bonchev–Trinajstić information content (AvgIpc) is 2.65. The summed E-state index contributed by atoms with van der Waals surface area (Å²) in [5.74, 6) is -0.0740. The monoisotopic (exact) mass is 450 g/mol. The number of amides is 1. The van der Waals surface area contributed by atoms with E-state index in [1.54, 1.807) is 12.1 Å². The molecular formula is C22H27ClN2O4S. The molecule has 1 aliphatic heterocycles. The SMILES string of the molecule is CC(NC(=O)C1CN(S(C)(=O)=O)c2cc(Cl)ccc2O1)c1ccc(C(C)(C)C)cc1. The Kier molecular flexibility index (Phi) is 6.07. The van der Waals surface area contributed by atoms with Crippen molar-refractivity contribution >= 4 is 33.2 Å². The Balaban J connectivity index is 1.77. The van der Waals surface area contributed by atoms with Crippen LogP contribution < -0.4 is 14.4 Å². The van der Waals surface area contributed by atoms with Crippen molar-refractivity contribution in [2.45, 2.75) is 45.3 Å². The van der Waals surface area contributed by atoms with E-state index in [0.29, 0.717) is 16.5 Å². The fourth-order valence-electron chi connectivity index (χ4n) is 3.34. The lowest BCUT2D eigenvalue weighted by Crippen LogP contribution is -2.50. The number of carbonyl (C=O) groups excluding carboxylic acids is 1. The van der Waals surface area contributed by atoms with Crippen LogP contribution in [0.25, 0.3) is 0 Å². The summed E-state index contributed by atoms with van der Waals surface area (Å²) in [6.07, 6.45) is 0.127. The van der Waals surface area contributed by atoms with E-state index in [4.69, 9.17) is 16.3 Å². The number of nitrogens with one attached hydrogen (secondary N) is 1. The van der Waals surface area contributed by atoms with Gasteiger partial charge in [-0.3, -0.25) is 9.10 Å². The summed E-state index contributed by atoms with van der Waals surface area (Å²) >= 11 is 6.01. The van der Waals surface area contributed by atoms with E-state index in [9.17, 15) is 13.2 Å². The lowest BCUT2D eigenvalue weighted by atomic mass is 9.86. The number of anilines is 1. The van der Waals surface area contributed by atoms with E-state index in [2.05, 4.69) is 38.2 Å². The van der Waals surface area contributed by atoms with Crippen molar-refractivity contribution < 1.29 is 17.9 Å². The van der Waals surface area contributed by atoms with Gasteiger partial charge in [0.25, 0.3) is 5.91 Å². The van der Waals surface area contributed by atoms with E-state index >= 15 is 0 Å². The third-order valence-corrected chi connectivity index (χ3v) is 6.50. The Labute approximate surface area is 183 Å². The third-order valence-electron chi connectivity index (χ3n) is 5.12. The van der Waals surface area contributed by atoms with E-state index < -0.39 is 16.1 Å². The van der Waals surface area contributed by atoms with Crippen LogP contribution in [0.4, 0.5) is 5.69 Å². The first-order valence-corrected chi connectivity index (χ1v) is 11.9. The molecule has 0 aromatic heterocycles. The highest BCUT2D eigenvalue weighted by Crippen LogP contribution is 2.37. The lowest BCUT2D eigenvalue weighted by molar-refractivity contribution is -0.128. The molecule has 0 saturated carbocycles. The first kappa shape index (κ1) is 22.4. The van der Waals surface area contributed by atoms with Crippen LogP contribution in [-0.4, -0.2) is 33.2 Å². The standard InChI is InChI=1S/C22H27ClN2O4S/c1-14(15-6-8-16(9-7-15)22(2,3)4)24-21(26)20-13-25(30(5,27)28)18-12-17(23)10-11-19(18)29-20/h6-12,14,20H,13H2,1-5H3,(H,24,26). The molecule has 1 N–H and O–H groups in total. The van der Waals surface area contributed by atoms with Crippen LogP contribution in [0.1, 0.15) is 44.9 Å². The van der Waals surface area contributed by atoms with Crippen LogP contribution in [0.3, 0.4) is 0 Å². The summed E-state index contributed by atoms with van der Waals surface area (Å²) in [5.41, 5.74) is 2.55. The fourth-order valence-corrected chi connectivity index (χ4v) is 4.41. The molecule has 0 radical (unpaired) electrons. The maximum atomic E-state index is 12.9. The molecule has 3 rings (SSSR count). The topological polar surface area (TPSA) is 75.7 Å². The van der Waals surface area contributed by atoms with Crippen molar-refractivity contribution in [3.8, 4) is 5.75 Å². The quantitative estimate of drug-likeness (QED) is 0.762. The largest absolute Gasteiger partial charge is 0.476 e. The van der Waals surface area contributed by atoms with E-state index in [0.717, 1.165) is 16.1 Å². The number of rotatable bonds is 4. The molecule has 1 heterocycles. The molecule has 30 heavy (non-hydrogen) atoms. The van der Waals surface area contributed by atoms with Crippen LogP contribution in [-0.2, 0) is 20.2 Å². The second-order valence-corrected chi connectivity index (χ2v) is 11.0. The minimum atomic E-state index is -3.61. The first-order valence-electron chi connectivity index (χ1n) is 9.71. The molecule has 2 aromatic rings. The molecular weight excluding hydrogens is 424 g/mol. The smallest absolute Gasteiger partial charge is 0.263 e. The highest BCUT2D eigenvalue weighted by Gasteiger charge is 2.35. The number of hydrogen-bond acceptors (Lipinski definition) is 4. The third kappa shape index (κ3) is 4.90. The van der Waals surface area contributed by atoms with E-state index in [1.165, 1.54) is 11.6 Å². The van der Waals surface area contributed by atoms with Gasteiger partial charge in [-0.1, -0.05) is 56.6 Å². The maximum Gasteiger partial charge on any atom is 0.263 e. The van der Waals surface area contributed by atoms with Gasteiger partial charge in [0, 0.05) is 5.02 Å². The number of nitrogens with zero attached hydrogens (tertiary/aromatic N) is 1. The molecule has 1 aliphatic rings. The van der Waals surface area contributed by atoms with Crippen molar-refractivity contribution in [1.29, 1.82) is 0 Å². The molecule has 0 aliphatic carbocycles. The Morgan fingerprint density at radius 1 is 1.20 bits per heavy atom. The predicted octanol–water partition coefficient (Wildman–Crippen LogP) is 4.04. The van der Waals surface area contributed by atoms with Gasteiger partial charge in [-0.2, -0.15) is 0 Å². The van der Waals surface area contributed by atoms with Gasteiger partial charge >= 0.3 is 0 Å². The lowest BCUT2D eigenvalue weighted by Gasteiger charge is -2.34. The van der Waals surface area contributed by atoms with Crippen LogP contribution in [0.15, 0.2) is 42.5 Å². The van der Waals surface area contributed by atoms with Gasteiger partial charge in [0.2, 0.25) is 10.0 Å². The summed E-state index contributed by atoms with van der Waals surface area (Å²) in [6.45, 7) is 8.20. The predicted molar refractivity (Wildman–Crippen MR) is 120 cm³/mol. The zero-order valence-corrected chi connectivity index (χ0v) is 19.3. The highest BCUT2D eigenvalue weighted by atomic mass is 35.5. The number of ether oxygens (including phenoxy) is 1. The molecule has 2 unspecified atom stereocenters. The molecule has 0 saturated heterocycles. The average molecular weight is 451 g/mol. The maximum absolute atomic E-state index is 12.9. The van der Waals surface area contributed by atoms with Gasteiger partial charge < -0.3 is 10.1 Å². The van der Waals surface area contributed by atoms with Gasteiger partial charge in [0.05, 0.1) is 24.5 Å². The minimum Gasteiger partial charge on any atom is -0.476 e. The Hall–Kier alpha value is -2.25. The van der Waals surface area contributed by atoms with Crippen molar-refractivity contribution in [2.75, 3.05) is 17.1 Å². The summed E-state index contributed by atoms with van der Waals surface area (Å²) in [7, 11) is -3.61. The summed E-state index contributed by atoms with van der Waals surface area (Å²) in [4.78, 5) is 12.9. The number of halogens is 1. The van der Waals surface area contributed by atoms with E-state index in [1.807, 2.05) is 19.1 Å². The van der Waals surface area contributed by atoms with Crippen molar-refractivity contribution in [2.24, 2.45) is 0 Å². The van der Waals surface area contributed by atoms with Crippen molar-refractivity contribution in [3.63, 3.8) is 0 Å². The molecule has 0 fully saturated rings. The number of hydrogen-bond donors (Lipinski definition) is 1. The summed E-state index contributed by atoms with van der Waals surface area (Å²) in [5, 5.41) is 3.32. The summed E-state index contributed by atoms with van der Waals surface area (Å²) in [6, 6.07) is 12.5. The van der Waals surface area contributed by atoms with Crippen LogP contribution >= 0.6 is 11.6 Å². The van der Waals surface area contributed by atoms with Crippen LogP contribution in [0.2, 0.25) is 5.02 Å². The second kappa shape index (κ2) is 8.12. The second-order valence-electron chi connectivity index (χ2n) is 8.61. The molecule has 1 amide bonds. The molecule has 8 heteroatoms. The Bertz CT molecular complexity index is 1050. The van der Waals surface area contributed by atoms with Gasteiger partial charge in [-0.25, -0.2) is 8.42 Å². The molecule has 2 aromatic carbocycles. The van der Waals surface area contributed by atoms with E-state index in [-0.39, 0.29) is 23.9 Å². The van der Waals surface area contributed by atoms with Gasteiger partial charge in [0.1, 0.15) is 5.75 Å².